The number of hydrogen-bond donors (Lipinski definition) is 2. The minimum atomic E-state index is -4.00. The van der Waals surface area contributed by atoms with E-state index in [9.17, 15) is 13.2 Å². The average Bonchev–Trinajstić information content (AvgIpc) is 2.70. The van der Waals surface area contributed by atoms with Crippen LogP contribution in [0.15, 0.2) is 77.7 Å². The summed E-state index contributed by atoms with van der Waals surface area (Å²) in [5.74, 6) is 0.193. The van der Waals surface area contributed by atoms with Crippen LogP contribution in [0.3, 0.4) is 0 Å². The third-order valence-electron chi connectivity index (χ3n) is 3.93. The molecule has 0 radical (unpaired) electrons. The molecule has 0 aliphatic heterocycles. The molecule has 29 heavy (non-hydrogen) atoms. The lowest BCUT2D eigenvalue weighted by molar-refractivity contribution is 0.102. The molecule has 0 unspecified atom stereocenters. The molecule has 0 aromatic heterocycles. The maximum absolute atomic E-state index is 12.8. The second-order valence-electron chi connectivity index (χ2n) is 6.03. The van der Waals surface area contributed by atoms with Crippen molar-refractivity contribution in [1.29, 1.82) is 0 Å². The number of para-hydroxylation sites is 1. The highest BCUT2D eigenvalue weighted by atomic mass is 35.5. The largest absolute Gasteiger partial charge is 0.494 e. The summed E-state index contributed by atoms with van der Waals surface area (Å²) >= 11 is 6.11. The smallest absolute Gasteiger partial charge is 0.263 e. The van der Waals surface area contributed by atoms with E-state index in [2.05, 4.69) is 10.0 Å². The minimum Gasteiger partial charge on any atom is -0.494 e. The lowest BCUT2D eigenvalue weighted by Gasteiger charge is -2.12. The van der Waals surface area contributed by atoms with Crippen LogP contribution in [0, 0.1) is 0 Å². The van der Waals surface area contributed by atoms with Crippen molar-refractivity contribution in [3.8, 4) is 5.75 Å². The highest BCUT2D eigenvalue weighted by molar-refractivity contribution is 7.92. The molecule has 8 heteroatoms. The third kappa shape index (κ3) is 5.28. The summed E-state index contributed by atoms with van der Waals surface area (Å²) in [7, 11) is -4.00. The van der Waals surface area contributed by atoms with Gasteiger partial charge in [-0.2, -0.15) is 0 Å². The summed E-state index contributed by atoms with van der Waals surface area (Å²) in [5, 5.41) is 2.73. The number of anilines is 2. The van der Waals surface area contributed by atoms with Crippen molar-refractivity contribution in [3.05, 3.63) is 83.4 Å². The van der Waals surface area contributed by atoms with Gasteiger partial charge in [0.05, 0.1) is 11.6 Å². The van der Waals surface area contributed by atoms with E-state index in [1.807, 2.05) is 13.0 Å². The Labute approximate surface area is 174 Å². The fourth-order valence-corrected chi connectivity index (χ4v) is 4.16. The Bertz CT molecular complexity index is 1100. The average molecular weight is 431 g/mol. The Hall–Kier alpha value is -3.03. The van der Waals surface area contributed by atoms with Crippen molar-refractivity contribution in [2.24, 2.45) is 0 Å². The SMILES string of the molecule is CCOc1ccc(NS(=O)(=O)c2cc(C(=O)Nc3ccccc3)ccc2Cl)cc1. The maximum Gasteiger partial charge on any atom is 0.263 e. The normalized spacial score (nSPS) is 11.0. The van der Waals surface area contributed by atoms with Crippen molar-refractivity contribution in [3.63, 3.8) is 0 Å². The van der Waals surface area contributed by atoms with Crippen LogP contribution in [-0.4, -0.2) is 20.9 Å². The standard InChI is InChI=1S/C21H19ClN2O4S/c1-2-28-18-11-9-17(10-12-18)24-29(26,27)20-14-15(8-13-19(20)22)21(25)23-16-6-4-3-5-7-16/h3-14,24H,2H2,1H3,(H,23,25). The number of carbonyl (C=O) groups excluding carboxylic acids is 1. The molecule has 0 aliphatic carbocycles. The van der Waals surface area contributed by atoms with Crippen molar-refractivity contribution >= 4 is 38.9 Å². The number of sulfonamides is 1. The summed E-state index contributed by atoms with van der Waals surface area (Å²) in [6.45, 7) is 2.37. The highest BCUT2D eigenvalue weighted by Crippen LogP contribution is 2.26. The molecular formula is C21H19ClN2O4S. The molecule has 0 atom stereocenters. The zero-order valence-corrected chi connectivity index (χ0v) is 17.1. The van der Waals surface area contributed by atoms with Crippen molar-refractivity contribution in [1.82, 2.24) is 0 Å². The minimum absolute atomic E-state index is 0.0136. The molecule has 0 fully saturated rings. The molecule has 0 saturated heterocycles. The van der Waals surface area contributed by atoms with Crippen molar-refractivity contribution < 1.29 is 17.9 Å². The Morgan fingerprint density at radius 3 is 2.31 bits per heavy atom. The number of amides is 1. The number of hydrogen-bond acceptors (Lipinski definition) is 4. The molecule has 3 aromatic carbocycles. The summed E-state index contributed by atoms with van der Waals surface area (Å²) in [5.41, 5.74) is 1.12. The van der Waals surface area contributed by atoms with Crippen LogP contribution in [0.5, 0.6) is 5.75 Å². The summed E-state index contributed by atoms with van der Waals surface area (Å²) < 4.78 is 33.4. The number of carbonyl (C=O) groups is 1. The highest BCUT2D eigenvalue weighted by Gasteiger charge is 2.20. The van der Waals surface area contributed by atoms with Gasteiger partial charge in [-0.15, -0.1) is 0 Å². The van der Waals surface area contributed by atoms with E-state index in [0.29, 0.717) is 23.7 Å². The first-order valence-corrected chi connectivity index (χ1v) is 10.7. The molecular weight excluding hydrogens is 412 g/mol. The van der Waals surface area contributed by atoms with E-state index in [-0.39, 0.29) is 15.5 Å². The predicted octanol–water partition coefficient (Wildman–Crippen LogP) is 4.79. The molecule has 2 N–H and O–H groups in total. The molecule has 0 saturated carbocycles. The van der Waals surface area contributed by atoms with E-state index in [4.69, 9.17) is 16.3 Å². The monoisotopic (exact) mass is 430 g/mol. The molecule has 6 nitrogen and oxygen atoms in total. The lowest BCUT2D eigenvalue weighted by atomic mass is 10.2. The Kier molecular flexibility index (Phi) is 6.41. The summed E-state index contributed by atoms with van der Waals surface area (Å²) in [6.07, 6.45) is 0. The number of ether oxygens (including phenoxy) is 1. The van der Waals surface area contributed by atoms with Gasteiger partial charge in [0.25, 0.3) is 15.9 Å². The van der Waals surface area contributed by atoms with Crippen molar-refractivity contribution in [2.75, 3.05) is 16.6 Å². The van der Waals surface area contributed by atoms with E-state index in [0.717, 1.165) is 0 Å². The van der Waals surface area contributed by atoms with Crippen LogP contribution in [0.1, 0.15) is 17.3 Å². The molecule has 3 rings (SSSR count). The van der Waals surface area contributed by atoms with E-state index < -0.39 is 15.9 Å². The van der Waals surface area contributed by atoms with Gasteiger partial charge in [-0.3, -0.25) is 9.52 Å². The van der Waals surface area contributed by atoms with Crippen LogP contribution in [0.2, 0.25) is 5.02 Å². The Morgan fingerprint density at radius 2 is 1.66 bits per heavy atom. The quantitative estimate of drug-likeness (QED) is 0.564. The van der Waals surface area contributed by atoms with Gasteiger partial charge in [0.2, 0.25) is 0 Å². The van der Waals surface area contributed by atoms with Gasteiger partial charge >= 0.3 is 0 Å². The van der Waals surface area contributed by atoms with Crippen LogP contribution in [0.25, 0.3) is 0 Å². The maximum atomic E-state index is 12.8. The second kappa shape index (κ2) is 8.98. The van der Waals surface area contributed by atoms with Gasteiger partial charge in [0, 0.05) is 16.9 Å². The Balaban J connectivity index is 1.83. The van der Waals surface area contributed by atoms with Crippen LogP contribution >= 0.6 is 11.6 Å². The van der Waals surface area contributed by atoms with Crippen molar-refractivity contribution in [2.45, 2.75) is 11.8 Å². The van der Waals surface area contributed by atoms with Gasteiger partial charge < -0.3 is 10.1 Å². The number of nitrogens with one attached hydrogen (secondary N) is 2. The second-order valence-corrected chi connectivity index (χ2v) is 8.09. The van der Waals surface area contributed by atoms with E-state index in [1.165, 1.54) is 18.2 Å². The number of benzene rings is 3. The lowest BCUT2D eigenvalue weighted by Crippen LogP contribution is -2.16. The van der Waals surface area contributed by atoms with Gasteiger partial charge in [-0.05, 0) is 61.5 Å². The predicted molar refractivity (Wildman–Crippen MR) is 114 cm³/mol. The molecule has 0 aliphatic rings. The third-order valence-corrected chi connectivity index (χ3v) is 5.79. The van der Waals surface area contributed by atoms with Gasteiger partial charge in [0.1, 0.15) is 10.6 Å². The van der Waals surface area contributed by atoms with Gasteiger partial charge in [-0.25, -0.2) is 8.42 Å². The van der Waals surface area contributed by atoms with E-state index >= 15 is 0 Å². The van der Waals surface area contributed by atoms with Gasteiger partial charge in [-0.1, -0.05) is 29.8 Å². The molecule has 1 amide bonds. The number of halogens is 1. The Morgan fingerprint density at radius 1 is 0.966 bits per heavy atom. The zero-order chi connectivity index (χ0) is 20.9. The van der Waals surface area contributed by atoms with Crippen LogP contribution in [-0.2, 0) is 10.0 Å². The first-order valence-electron chi connectivity index (χ1n) is 8.80. The van der Waals surface area contributed by atoms with E-state index in [1.54, 1.807) is 48.5 Å². The molecule has 150 valence electrons. The molecule has 0 heterocycles. The van der Waals surface area contributed by atoms with Crippen LogP contribution < -0.4 is 14.8 Å². The molecule has 0 spiro atoms. The first-order chi connectivity index (χ1) is 13.9. The number of rotatable bonds is 7. The van der Waals surface area contributed by atoms with Gasteiger partial charge in [0.15, 0.2) is 0 Å². The van der Waals surface area contributed by atoms with Crippen LogP contribution in [0.4, 0.5) is 11.4 Å². The summed E-state index contributed by atoms with van der Waals surface area (Å²) in [6, 6.07) is 19.5. The molecule has 3 aromatic rings. The fraction of sp³-hybridized carbons (Fsp3) is 0.0952. The summed E-state index contributed by atoms with van der Waals surface area (Å²) in [4.78, 5) is 12.3. The molecule has 0 bridgehead atoms. The fourth-order valence-electron chi connectivity index (χ4n) is 2.57. The zero-order valence-electron chi connectivity index (χ0n) is 15.6. The first kappa shape index (κ1) is 20.7. The topological polar surface area (TPSA) is 84.5 Å².